The van der Waals surface area contributed by atoms with E-state index in [4.69, 9.17) is 0 Å². The molecular formula is C17H24N4O5S. The van der Waals surface area contributed by atoms with Crippen LogP contribution in [0.25, 0.3) is 0 Å². The Labute approximate surface area is 158 Å². The number of nitro groups is 1. The second-order valence-corrected chi connectivity index (χ2v) is 8.93. The molecule has 2 unspecified atom stereocenters. The van der Waals surface area contributed by atoms with Crippen molar-refractivity contribution in [3.8, 4) is 0 Å². The fraction of sp³-hybridized carbons (Fsp3) is 0.588. The van der Waals surface area contributed by atoms with Crippen LogP contribution in [0, 0.1) is 10.1 Å². The molecule has 0 saturated carbocycles. The SMILES string of the molecule is CN(C(=O)CCNS(=O)(=O)c1ccc([N+](=O)[O-])cc1)C1CC2CCC(C1)N2. The number of nitrogens with one attached hydrogen (secondary N) is 2. The van der Waals surface area contributed by atoms with Crippen LogP contribution in [-0.2, 0) is 14.8 Å². The van der Waals surface area contributed by atoms with Crippen molar-refractivity contribution in [2.45, 2.75) is 55.1 Å². The van der Waals surface area contributed by atoms with E-state index in [1.807, 2.05) is 0 Å². The summed E-state index contributed by atoms with van der Waals surface area (Å²) in [4.78, 5) is 24.1. The number of piperidine rings is 1. The lowest BCUT2D eigenvalue weighted by Crippen LogP contribution is -2.49. The van der Waals surface area contributed by atoms with Crippen molar-refractivity contribution in [2.24, 2.45) is 0 Å². The van der Waals surface area contributed by atoms with Crippen molar-refractivity contribution in [1.29, 1.82) is 0 Å². The van der Waals surface area contributed by atoms with Gasteiger partial charge >= 0.3 is 0 Å². The predicted molar refractivity (Wildman–Crippen MR) is 98.6 cm³/mol. The van der Waals surface area contributed by atoms with E-state index < -0.39 is 14.9 Å². The third-order valence-corrected chi connectivity index (χ3v) is 6.86. The number of benzene rings is 1. The zero-order valence-corrected chi connectivity index (χ0v) is 15.9. The van der Waals surface area contributed by atoms with Gasteiger partial charge in [-0.2, -0.15) is 0 Å². The minimum Gasteiger partial charge on any atom is -0.343 e. The number of hydrogen-bond acceptors (Lipinski definition) is 6. The van der Waals surface area contributed by atoms with E-state index in [2.05, 4.69) is 10.0 Å². The molecule has 27 heavy (non-hydrogen) atoms. The maximum Gasteiger partial charge on any atom is 0.269 e. The molecule has 0 aromatic heterocycles. The fourth-order valence-electron chi connectivity index (χ4n) is 3.85. The summed E-state index contributed by atoms with van der Waals surface area (Å²) in [6.07, 6.45) is 4.25. The molecule has 0 spiro atoms. The summed E-state index contributed by atoms with van der Waals surface area (Å²) in [6, 6.07) is 5.78. The van der Waals surface area contributed by atoms with Crippen LogP contribution >= 0.6 is 0 Å². The summed E-state index contributed by atoms with van der Waals surface area (Å²) in [5.74, 6) is -0.0901. The van der Waals surface area contributed by atoms with Gasteiger partial charge in [-0.05, 0) is 37.8 Å². The summed E-state index contributed by atoms with van der Waals surface area (Å²) >= 11 is 0. The van der Waals surface area contributed by atoms with Gasteiger partial charge in [0.25, 0.3) is 5.69 Å². The number of rotatable bonds is 7. The van der Waals surface area contributed by atoms with E-state index in [9.17, 15) is 23.3 Å². The lowest BCUT2D eigenvalue weighted by atomic mass is 9.98. The number of amides is 1. The molecular weight excluding hydrogens is 372 g/mol. The minimum atomic E-state index is -3.81. The van der Waals surface area contributed by atoms with Crippen LogP contribution in [0.1, 0.15) is 32.1 Å². The van der Waals surface area contributed by atoms with Gasteiger partial charge in [0.2, 0.25) is 15.9 Å². The van der Waals surface area contributed by atoms with Crippen LogP contribution in [0.15, 0.2) is 29.2 Å². The standard InChI is InChI=1S/C17H24N4O5S/c1-20(15-10-12-2-3-13(11-15)19-12)17(22)8-9-18-27(25,26)16-6-4-14(5-7-16)21(23)24/h4-7,12-13,15,18-19H,2-3,8-11H2,1H3. The molecule has 2 bridgehead atoms. The first-order chi connectivity index (χ1) is 12.8. The Bertz CT molecular complexity index is 799. The van der Waals surface area contributed by atoms with Crippen molar-refractivity contribution >= 4 is 21.6 Å². The number of carbonyl (C=O) groups is 1. The lowest BCUT2D eigenvalue weighted by molar-refractivity contribution is -0.384. The van der Waals surface area contributed by atoms with Crippen molar-refractivity contribution < 1.29 is 18.1 Å². The second kappa shape index (κ2) is 7.91. The second-order valence-electron chi connectivity index (χ2n) is 7.17. The molecule has 10 heteroatoms. The van der Waals surface area contributed by atoms with Crippen LogP contribution in [0.3, 0.4) is 0 Å². The summed E-state index contributed by atoms with van der Waals surface area (Å²) in [5.41, 5.74) is -0.179. The maximum atomic E-state index is 12.4. The van der Waals surface area contributed by atoms with Crippen LogP contribution in [0.5, 0.6) is 0 Å². The van der Waals surface area contributed by atoms with Crippen LogP contribution in [0.2, 0.25) is 0 Å². The van der Waals surface area contributed by atoms with Crippen molar-refractivity contribution in [3.63, 3.8) is 0 Å². The molecule has 9 nitrogen and oxygen atoms in total. The molecule has 148 valence electrons. The van der Waals surface area contributed by atoms with Gasteiger partial charge in [0.05, 0.1) is 9.82 Å². The van der Waals surface area contributed by atoms with Gasteiger partial charge in [0, 0.05) is 50.3 Å². The minimum absolute atomic E-state index is 0.0136. The van der Waals surface area contributed by atoms with Gasteiger partial charge in [0.1, 0.15) is 0 Å². The Balaban J connectivity index is 1.50. The van der Waals surface area contributed by atoms with E-state index in [-0.39, 0.29) is 35.5 Å². The third-order valence-electron chi connectivity index (χ3n) is 5.38. The number of sulfonamides is 1. The average molecular weight is 396 g/mol. The summed E-state index contributed by atoms with van der Waals surface area (Å²) < 4.78 is 26.9. The quantitative estimate of drug-likeness (QED) is 0.524. The number of hydrogen-bond donors (Lipinski definition) is 2. The largest absolute Gasteiger partial charge is 0.343 e. The van der Waals surface area contributed by atoms with Gasteiger partial charge in [-0.25, -0.2) is 13.1 Å². The molecule has 2 N–H and O–H groups in total. The van der Waals surface area contributed by atoms with Crippen molar-refractivity contribution in [3.05, 3.63) is 34.4 Å². The predicted octanol–water partition coefficient (Wildman–Crippen LogP) is 1.00. The molecule has 1 aromatic rings. The van der Waals surface area contributed by atoms with E-state index in [0.717, 1.165) is 37.8 Å². The zero-order valence-electron chi connectivity index (χ0n) is 15.1. The average Bonchev–Trinajstić information content (AvgIpc) is 2.98. The summed E-state index contributed by atoms with van der Waals surface area (Å²) in [5, 5.41) is 14.2. The normalized spacial score (nSPS) is 24.6. The number of fused-ring (bicyclic) bond motifs is 2. The molecule has 2 saturated heterocycles. The highest BCUT2D eigenvalue weighted by atomic mass is 32.2. The first-order valence-electron chi connectivity index (χ1n) is 9.02. The molecule has 1 amide bonds. The number of nitro benzene ring substituents is 1. The number of non-ortho nitro benzene ring substituents is 1. The Kier molecular flexibility index (Phi) is 5.78. The fourth-order valence-corrected chi connectivity index (χ4v) is 4.88. The van der Waals surface area contributed by atoms with Gasteiger partial charge in [-0.3, -0.25) is 14.9 Å². The Morgan fingerprint density at radius 2 is 1.85 bits per heavy atom. The van der Waals surface area contributed by atoms with Crippen LogP contribution in [-0.4, -0.2) is 55.9 Å². The Morgan fingerprint density at radius 1 is 1.26 bits per heavy atom. The highest BCUT2D eigenvalue weighted by Crippen LogP contribution is 2.29. The monoisotopic (exact) mass is 396 g/mol. The van der Waals surface area contributed by atoms with E-state index in [1.54, 1.807) is 11.9 Å². The smallest absolute Gasteiger partial charge is 0.269 e. The molecule has 2 aliphatic heterocycles. The van der Waals surface area contributed by atoms with Crippen LogP contribution < -0.4 is 10.0 Å². The highest BCUT2D eigenvalue weighted by molar-refractivity contribution is 7.89. The van der Waals surface area contributed by atoms with Crippen molar-refractivity contribution in [2.75, 3.05) is 13.6 Å². The molecule has 2 fully saturated rings. The van der Waals surface area contributed by atoms with Gasteiger partial charge < -0.3 is 10.2 Å². The van der Waals surface area contributed by atoms with E-state index >= 15 is 0 Å². The summed E-state index contributed by atoms with van der Waals surface area (Å²) in [6.45, 7) is -0.0136. The molecule has 2 atom stereocenters. The molecule has 1 aromatic carbocycles. The molecule has 0 radical (unpaired) electrons. The van der Waals surface area contributed by atoms with Crippen molar-refractivity contribution in [1.82, 2.24) is 14.9 Å². The molecule has 2 aliphatic rings. The van der Waals surface area contributed by atoms with E-state index in [1.165, 1.54) is 12.1 Å². The lowest BCUT2D eigenvalue weighted by Gasteiger charge is -2.35. The Morgan fingerprint density at radius 3 is 2.41 bits per heavy atom. The van der Waals surface area contributed by atoms with Gasteiger partial charge in [-0.15, -0.1) is 0 Å². The molecule has 0 aliphatic carbocycles. The van der Waals surface area contributed by atoms with Gasteiger partial charge in [-0.1, -0.05) is 0 Å². The molecule has 3 rings (SSSR count). The van der Waals surface area contributed by atoms with Crippen LogP contribution in [0.4, 0.5) is 5.69 Å². The molecule has 2 heterocycles. The van der Waals surface area contributed by atoms with E-state index in [0.29, 0.717) is 12.1 Å². The first-order valence-corrected chi connectivity index (χ1v) is 10.5. The first kappa shape index (κ1) is 19.7. The Hall–Kier alpha value is -2.04. The summed E-state index contributed by atoms with van der Waals surface area (Å²) in [7, 11) is -2.03. The zero-order chi connectivity index (χ0) is 19.6. The van der Waals surface area contributed by atoms with Gasteiger partial charge in [0.15, 0.2) is 0 Å². The number of carbonyl (C=O) groups excluding carboxylic acids is 1. The maximum absolute atomic E-state index is 12.4. The third kappa shape index (κ3) is 4.63. The topological polar surface area (TPSA) is 122 Å². The number of nitrogens with zero attached hydrogens (tertiary/aromatic N) is 2. The highest BCUT2D eigenvalue weighted by Gasteiger charge is 2.36.